The van der Waals surface area contributed by atoms with Crippen molar-refractivity contribution >= 4 is 8.07 Å². The maximum Gasteiger partial charge on any atom is 0.0483 e. The van der Waals surface area contributed by atoms with Gasteiger partial charge in [0.2, 0.25) is 0 Å². The lowest BCUT2D eigenvalue weighted by atomic mass is 10.3. The molecule has 1 aliphatic carbocycles. The van der Waals surface area contributed by atoms with E-state index in [1.807, 2.05) is 0 Å². The summed E-state index contributed by atoms with van der Waals surface area (Å²) in [7, 11) is -0.831. The Hall–Kier alpha value is -0.303. The fourth-order valence-corrected chi connectivity index (χ4v) is 2.93. The van der Waals surface area contributed by atoms with Crippen LogP contribution in [0.15, 0.2) is 23.8 Å². The highest BCUT2D eigenvalue weighted by Gasteiger charge is 2.15. The van der Waals surface area contributed by atoms with E-state index in [0.717, 1.165) is 0 Å². The molecule has 0 saturated carbocycles. The van der Waals surface area contributed by atoms with Crippen LogP contribution in [0.5, 0.6) is 0 Å². The Morgan fingerprint density at radius 1 is 1.40 bits per heavy atom. The zero-order valence-corrected chi connectivity index (χ0v) is 8.15. The van der Waals surface area contributed by atoms with E-state index in [1.54, 1.807) is 5.57 Å². The number of hydrogen-bond donors (Lipinski definition) is 0. The lowest BCUT2D eigenvalue weighted by Gasteiger charge is -2.15. The Kier molecular flexibility index (Phi) is 2.14. The Morgan fingerprint density at radius 2 is 2.10 bits per heavy atom. The Bertz CT molecular complexity index is 170. The van der Waals surface area contributed by atoms with E-state index in [2.05, 4.69) is 37.9 Å². The second-order valence-electron chi connectivity index (χ2n) is 4.19. The minimum absolute atomic E-state index is 0.831. The molecule has 0 aromatic carbocycles. The SMILES string of the molecule is C[Si](C)(C)CC1=CC=CC1. The molecule has 0 N–H and O–H groups in total. The maximum atomic E-state index is 2.42. The van der Waals surface area contributed by atoms with E-state index < -0.39 is 8.07 Å². The van der Waals surface area contributed by atoms with E-state index >= 15 is 0 Å². The molecule has 56 valence electrons. The predicted molar refractivity (Wildman–Crippen MR) is 50.0 cm³/mol. The molecule has 10 heavy (non-hydrogen) atoms. The lowest BCUT2D eigenvalue weighted by molar-refractivity contribution is 1.21. The van der Waals surface area contributed by atoms with Crippen molar-refractivity contribution < 1.29 is 0 Å². The van der Waals surface area contributed by atoms with Crippen molar-refractivity contribution in [1.82, 2.24) is 0 Å². The van der Waals surface area contributed by atoms with Crippen molar-refractivity contribution in [3.05, 3.63) is 23.8 Å². The third-order valence-corrected chi connectivity index (χ3v) is 3.12. The van der Waals surface area contributed by atoms with Crippen LogP contribution in [0.3, 0.4) is 0 Å². The van der Waals surface area contributed by atoms with E-state index in [4.69, 9.17) is 0 Å². The summed E-state index contributed by atoms with van der Waals surface area (Å²) in [5.41, 5.74) is 1.64. The average molecular weight is 152 g/mol. The third-order valence-electron chi connectivity index (χ3n) is 1.61. The molecular weight excluding hydrogens is 136 g/mol. The van der Waals surface area contributed by atoms with E-state index in [9.17, 15) is 0 Å². The molecule has 0 fully saturated rings. The largest absolute Gasteiger partial charge is 0.0805 e. The monoisotopic (exact) mass is 152 g/mol. The minimum Gasteiger partial charge on any atom is -0.0805 e. The molecule has 0 amide bonds. The van der Waals surface area contributed by atoms with Crippen LogP contribution < -0.4 is 0 Å². The zero-order valence-electron chi connectivity index (χ0n) is 7.15. The van der Waals surface area contributed by atoms with Gasteiger partial charge in [0, 0.05) is 8.07 Å². The van der Waals surface area contributed by atoms with E-state index in [1.165, 1.54) is 12.5 Å². The fraction of sp³-hybridized carbons (Fsp3) is 0.556. The van der Waals surface area contributed by atoms with Crippen molar-refractivity contribution in [2.24, 2.45) is 0 Å². The fourth-order valence-electron chi connectivity index (χ4n) is 1.30. The van der Waals surface area contributed by atoms with Crippen LogP contribution in [-0.4, -0.2) is 8.07 Å². The number of hydrogen-bond acceptors (Lipinski definition) is 0. The van der Waals surface area contributed by atoms with Gasteiger partial charge in [0.25, 0.3) is 0 Å². The van der Waals surface area contributed by atoms with Crippen LogP contribution in [0.1, 0.15) is 6.42 Å². The second kappa shape index (κ2) is 2.75. The van der Waals surface area contributed by atoms with Gasteiger partial charge in [-0.25, -0.2) is 0 Å². The molecule has 0 aliphatic heterocycles. The van der Waals surface area contributed by atoms with Crippen molar-refractivity contribution in [2.75, 3.05) is 0 Å². The highest BCUT2D eigenvalue weighted by atomic mass is 28.3. The number of rotatable bonds is 2. The third kappa shape index (κ3) is 2.52. The second-order valence-corrected chi connectivity index (χ2v) is 9.67. The molecule has 0 unspecified atom stereocenters. The van der Waals surface area contributed by atoms with Gasteiger partial charge in [-0.1, -0.05) is 43.4 Å². The molecule has 0 atom stereocenters. The summed E-state index contributed by atoms with van der Waals surface area (Å²) < 4.78 is 0. The molecule has 0 saturated heterocycles. The van der Waals surface area contributed by atoms with Gasteiger partial charge >= 0.3 is 0 Å². The van der Waals surface area contributed by atoms with Gasteiger partial charge in [-0.15, -0.1) is 0 Å². The molecule has 0 aromatic heterocycles. The standard InChI is InChI=1S/C9H16Si/c1-10(2,3)8-9-6-4-5-7-9/h4-6H,7-8H2,1-3H3. The summed E-state index contributed by atoms with van der Waals surface area (Å²) in [6, 6.07) is 1.38. The minimum atomic E-state index is -0.831. The van der Waals surface area contributed by atoms with Crippen molar-refractivity contribution in [3.8, 4) is 0 Å². The van der Waals surface area contributed by atoms with E-state index in [0.29, 0.717) is 0 Å². The maximum absolute atomic E-state index is 2.42. The van der Waals surface area contributed by atoms with Crippen LogP contribution in [0.2, 0.25) is 25.7 Å². The van der Waals surface area contributed by atoms with Crippen molar-refractivity contribution in [3.63, 3.8) is 0 Å². The van der Waals surface area contributed by atoms with Gasteiger partial charge in [-0.05, 0) is 12.5 Å². The lowest BCUT2D eigenvalue weighted by Crippen LogP contribution is -2.19. The molecule has 1 aliphatic rings. The summed E-state index contributed by atoms with van der Waals surface area (Å²) in [6.45, 7) is 7.27. The molecule has 0 nitrogen and oxygen atoms in total. The van der Waals surface area contributed by atoms with Crippen LogP contribution in [0, 0.1) is 0 Å². The normalized spacial score (nSPS) is 17.7. The number of allylic oxidation sites excluding steroid dienone is 4. The Balaban J connectivity index is 2.41. The van der Waals surface area contributed by atoms with Gasteiger partial charge in [0.1, 0.15) is 0 Å². The van der Waals surface area contributed by atoms with Crippen LogP contribution in [0.4, 0.5) is 0 Å². The van der Waals surface area contributed by atoms with Gasteiger partial charge in [-0.2, -0.15) is 0 Å². The Morgan fingerprint density at radius 3 is 2.50 bits per heavy atom. The summed E-state index contributed by atoms with van der Waals surface area (Å²) >= 11 is 0. The summed E-state index contributed by atoms with van der Waals surface area (Å²) in [5.74, 6) is 0. The van der Waals surface area contributed by atoms with Crippen molar-refractivity contribution in [2.45, 2.75) is 32.1 Å². The topological polar surface area (TPSA) is 0 Å². The molecular formula is C9H16Si. The van der Waals surface area contributed by atoms with Crippen LogP contribution in [0.25, 0.3) is 0 Å². The molecule has 1 rings (SSSR count). The zero-order chi connectivity index (χ0) is 7.61. The molecule has 0 aromatic rings. The quantitative estimate of drug-likeness (QED) is 0.533. The van der Waals surface area contributed by atoms with Crippen molar-refractivity contribution in [1.29, 1.82) is 0 Å². The summed E-state index contributed by atoms with van der Waals surface area (Å²) in [4.78, 5) is 0. The first-order valence-corrected chi connectivity index (χ1v) is 7.63. The average Bonchev–Trinajstić information content (AvgIpc) is 2.12. The predicted octanol–water partition coefficient (Wildman–Crippen LogP) is 3.21. The summed E-state index contributed by atoms with van der Waals surface area (Å²) in [5, 5.41) is 0. The first kappa shape index (κ1) is 7.80. The molecule has 0 spiro atoms. The van der Waals surface area contributed by atoms with Gasteiger partial charge in [-0.3, -0.25) is 0 Å². The van der Waals surface area contributed by atoms with Crippen LogP contribution >= 0.6 is 0 Å². The summed E-state index contributed by atoms with van der Waals surface area (Å²) in [6.07, 6.45) is 7.91. The van der Waals surface area contributed by atoms with Gasteiger partial charge in [0.15, 0.2) is 0 Å². The molecule has 1 heteroatoms. The van der Waals surface area contributed by atoms with Gasteiger partial charge < -0.3 is 0 Å². The van der Waals surface area contributed by atoms with Gasteiger partial charge in [0.05, 0.1) is 0 Å². The smallest absolute Gasteiger partial charge is 0.0483 e. The first-order chi connectivity index (χ1) is 4.58. The molecule has 0 heterocycles. The first-order valence-electron chi connectivity index (χ1n) is 3.92. The highest BCUT2D eigenvalue weighted by molar-refractivity contribution is 6.76. The molecule has 0 radical (unpaired) electrons. The molecule has 0 bridgehead atoms. The highest BCUT2D eigenvalue weighted by Crippen LogP contribution is 2.22. The van der Waals surface area contributed by atoms with E-state index in [-0.39, 0.29) is 0 Å². The van der Waals surface area contributed by atoms with Crippen LogP contribution in [-0.2, 0) is 0 Å². The Labute approximate surface area is 64.7 Å².